The summed E-state index contributed by atoms with van der Waals surface area (Å²) in [6, 6.07) is 6.88. The molecular formula is C13H16N2O3. The minimum Gasteiger partial charge on any atom is -0.396 e. The van der Waals surface area contributed by atoms with E-state index in [1.807, 2.05) is 12.1 Å². The second kappa shape index (κ2) is 5.64. The zero-order valence-electron chi connectivity index (χ0n) is 9.98. The fourth-order valence-electron chi connectivity index (χ4n) is 1.92. The van der Waals surface area contributed by atoms with E-state index in [0.29, 0.717) is 24.9 Å². The quantitative estimate of drug-likeness (QED) is 0.723. The number of aliphatic hydroxyl groups is 1. The van der Waals surface area contributed by atoms with Gasteiger partial charge in [-0.25, -0.2) is 0 Å². The summed E-state index contributed by atoms with van der Waals surface area (Å²) in [7, 11) is 0. The number of aliphatic hydroxyl groups excluding tert-OH is 1. The summed E-state index contributed by atoms with van der Waals surface area (Å²) in [6.07, 6.45) is 1.56. The first-order valence-electron chi connectivity index (χ1n) is 5.99. The van der Waals surface area contributed by atoms with Gasteiger partial charge in [-0.3, -0.25) is 9.59 Å². The van der Waals surface area contributed by atoms with Crippen LogP contribution in [0.4, 0.5) is 5.69 Å². The number of hydrogen-bond acceptors (Lipinski definition) is 3. The zero-order chi connectivity index (χ0) is 13.0. The van der Waals surface area contributed by atoms with Crippen LogP contribution in [-0.2, 0) is 16.0 Å². The number of anilines is 1. The maximum Gasteiger partial charge on any atom is 0.246 e. The molecule has 1 aliphatic rings. The third kappa shape index (κ3) is 3.07. The van der Waals surface area contributed by atoms with E-state index < -0.39 is 6.04 Å². The Bertz CT molecular complexity index is 442. The van der Waals surface area contributed by atoms with E-state index in [-0.39, 0.29) is 18.4 Å². The predicted octanol–water partition coefficient (Wildman–Crippen LogP) is 0.439. The molecule has 0 unspecified atom stereocenters. The largest absolute Gasteiger partial charge is 0.396 e. The number of rotatable bonds is 4. The van der Waals surface area contributed by atoms with Crippen molar-refractivity contribution in [3.63, 3.8) is 0 Å². The summed E-state index contributed by atoms with van der Waals surface area (Å²) < 4.78 is 0. The highest BCUT2D eigenvalue weighted by molar-refractivity contribution is 5.98. The van der Waals surface area contributed by atoms with Crippen LogP contribution in [0, 0.1) is 0 Å². The predicted molar refractivity (Wildman–Crippen MR) is 67.0 cm³/mol. The normalized spacial score (nSPS) is 18.5. The molecular weight excluding hydrogens is 232 g/mol. The van der Waals surface area contributed by atoms with Gasteiger partial charge in [0, 0.05) is 18.7 Å². The van der Waals surface area contributed by atoms with Gasteiger partial charge in [0.05, 0.1) is 0 Å². The molecule has 0 aromatic heterocycles. The highest BCUT2D eigenvalue weighted by Crippen LogP contribution is 2.13. The third-order valence-electron chi connectivity index (χ3n) is 2.93. The number of nitrogens with one attached hydrogen (secondary N) is 2. The van der Waals surface area contributed by atoms with Crippen molar-refractivity contribution in [1.82, 2.24) is 5.32 Å². The number of benzene rings is 1. The van der Waals surface area contributed by atoms with Gasteiger partial charge in [-0.2, -0.15) is 0 Å². The first-order chi connectivity index (χ1) is 8.69. The number of hydrogen-bond donors (Lipinski definition) is 3. The van der Waals surface area contributed by atoms with Crippen molar-refractivity contribution in [2.24, 2.45) is 0 Å². The molecule has 1 fully saturated rings. The molecule has 0 radical (unpaired) electrons. The molecule has 5 heteroatoms. The molecule has 1 aromatic rings. The first kappa shape index (κ1) is 12.6. The van der Waals surface area contributed by atoms with Crippen LogP contribution < -0.4 is 10.6 Å². The van der Waals surface area contributed by atoms with Crippen LogP contribution >= 0.6 is 0 Å². The van der Waals surface area contributed by atoms with Crippen molar-refractivity contribution in [3.05, 3.63) is 29.8 Å². The topological polar surface area (TPSA) is 78.4 Å². The standard InChI is InChI=1S/C13H16N2O3/c16-8-7-9-1-3-10(4-2-9)14-13(18)11-5-6-12(17)15-11/h1-4,11,16H,5-8H2,(H,14,18)(H,15,17)/t11-/m1/s1. The Morgan fingerprint density at radius 3 is 2.67 bits per heavy atom. The molecule has 18 heavy (non-hydrogen) atoms. The molecule has 1 aromatic carbocycles. The molecule has 0 spiro atoms. The molecule has 1 aliphatic heterocycles. The van der Waals surface area contributed by atoms with E-state index in [1.165, 1.54) is 0 Å². The van der Waals surface area contributed by atoms with Gasteiger partial charge in [-0.15, -0.1) is 0 Å². The Balaban J connectivity index is 1.92. The second-order valence-electron chi connectivity index (χ2n) is 4.32. The van der Waals surface area contributed by atoms with Crippen LogP contribution in [0.25, 0.3) is 0 Å². The minimum atomic E-state index is -0.422. The van der Waals surface area contributed by atoms with Crippen molar-refractivity contribution in [2.45, 2.75) is 25.3 Å². The van der Waals surface area contributed by atoms with E-state index >= 15 is 0 Å². The lowest BCUT2D eigenvalue weighted by Gasteiger charge is -2.11. The van der Waals surface area contributed by atoms with Gasteiger partial charge < -0.3 is 15.7 Å². The number of amides is 2. The molecule has 1 saturated heterocycles. The molecule has 0 aliphatic carbocycles. The highest BCUT2D eigenvalue weighted by Gasteiger charge is 2.26. The van der Waals surface area contributed by atoms with Crippen LogP contribution in [0.2, 0.25) is 0 Å². The average molecular weight is 248 g/mol. The van der Waals surface area contributed by atoms with E-state index in [1.54, 1.807) is 12.1 Å². The molecule has 96 valence electrons. The van der Waals surface area contributed by atoms with Crippen LogP contribution in [0.3, 0.4) is 0 Å². The monoisotopic (exact) mass is 248 g/mol. The van der Waals surface area contributed by atoms with Crippen LogP contribution in [0.15, 0.2) is 24.3 Å². The molecule has 1 atom stereocenters. The minimum absolute atomic E-state index is 0.0755. The lowest BCUT2D eigenvalue weighted by atomic mass is 10.1. The maximum atomic E-state index is 11.8. The SMILES string of the molecule is O=C1CC[C@H](C(=O)Nc2ccc(CCO)cc2)N1. The van der Waals surface area contributed by atoms with Crippen LogP contribution in [0.5, 0.6) is 0 Å². The Morgan fingerprint density at radius 1 is 1.39 bits per heavy atom. The average Bonchev–Trinajstić information content (AvgIpc) is 2.79. The summed E-state index contributed by atoms with van der Waals surface area (Å²) >= 11 is 0. The maximum absolute atomic E-state index is 11.8. The van der Waals surface area contributed by atoms with Gasteiger partial charge in [-0.1, -0.05) is 12.1 Å². The smallest absolute Gasteiger partial charge is 0.246 e. The van der Waals surface area contributed by atoms with Crippen molar-refractivity contribution in [3.8, 4) is 0 Å². The van der Waals surface area contributed by atoms with E-state index in [9.17, 15) is 9.59 Å². The summed E-state index contributed by atoms with van der Waals surface area (Å²) in [4.78, 5) is 22.8. The van der Waals surface area contributed by atoms with Crippen LogP contribution in [-0.4, -0.2) is 29.6 Å². The fourth-order valence-corrected chi connectivity index (χ4v) is 1.92. The lowest BCUT2D eigenvalue weighted by molar-refractivity contribution is -0.122. The van der Waals surface area contributed by atoms with Gasteiger partial charge in [-0.05, 0) is 30.5 Å². The van der Waals surface area contributed by atoms with Gasteiger partial charge in [0.25, 0.3) is 0 Å². The van der Waals surface area contributed by atoms with E-state index in [2.05, 4.69) is 10.6 Å². The first-order valence-corrected chi connectivity index (χ1v) is 5.99. The van der Waals surface area contributed by atoms with Crippen LogP contribution in [0.1, 0.15) is 18.4 Å². The molecule has 5 nitrogen and oxygen atoms in total. The molecule has 2 rings (SSSR count). The summed E-state index contributed by atoms with van der Waals surface area (Å²) in [6.45, 7) is 0.111. The Labute approximate surface area is 105 Å². The van der Waals surface area contributed by atoms with Gasteiger partial charge in [0.1, 0.15) is 6.04 Å². The van der Waals surface area contributed by atoms with Crippen molar-refractivity contribution in [2.75, 3.05) is 11.9 Å². The van der Waals surface area contributed by atoms with Crippen molar-refractivity contribution >= 4 is 17.5 Å². The zero-order valence-corrected chi connectivity index (χ0v) is 9.98. The lowest BCUT2D eigenvalue weighted by Crippen LogP contribution is -2.37. The molecule has 2 amide bonds. The Morgan fingerprint density at radius 2 is 2.11 bits per heavy atom. The number of carbonyl (C=O) groups is 2. The third-order valence-corrected chi connectivity index (χ3v) is 2.93. The number of carbonyl (C=O) groups excluding carboxylic acids is 2. The summed E-state index contributed by atoms with van der Waals surface area (Å²) in [5.74, 6) is -0.260. The molecule has 3 N–H and O–H groups in total. The Hall–Kier alpha value is -1.88. The van der Waals surface area contributed by atoms with Gasteiger partial charge in [0.2, 0.25) is 11.8 Å². The summed E-state index contributed by atoms with van der Waals surface area (Å²) in [5.41, 5.74) is 1.72. The summed E-state index contributed by atoms with van der Waals surface area (Å²) in [5, 5.41) is 14.2. The second-order valence-corrected chi connectivity index (χ2v) is 4.32. The van der Waals surface area contributed by atoms with Crippen molar-refractivity contribution < 1.29 is 14.7 Å². The highest BCUT2D eigenvalue weighted by atomic mass is 16.3. The van der Waals surface area contributed by atoms with E-state index in [4.69, 9.17) is 5.11 Å². The fraction of sp³-hybridized carbons (Fsp3) is 0.385. The molecule has 0 saturated carbocycles. The van der Waals surface area contributed by atoms with Gasteiger partial charge >= 0.3 is 0 Å². The molecule has 0 bridgehead atoms. The van der Waals surface area contributed by atoms with E-state index in [0.717, 1.165) is 5.56 Å². The van der Waals surface area contributed by atoms with Gasteiger partial charge in [0.15, 0.2) is 0 Å². The Kier molecular flexibility index (Phi) is 3.94. The molecule has 1 heterocycles. The van der Waals surface area contributed by atoms with Crippen molar-refractivity contribution in [1.29, 1.82) is 0 Å².